The highest BCUT2D eigenvalue weighted by molar-refractivity contribution is 7.91. The van der Waals surface area contributed by atoms with Gasteiger partial charge in [-0.05, 0) is 126 Å². The highest BCUT2D eigenvalue weighted by Gasteiger charge is 2.37. The Balaban J connectivity index is 0.000000222. The molecule has 24 nitrogen and oxygen atoms in total. The third-order valence-corrected chi connectivity index (χ3v) is 15.1. The summed E-state index contributed by atoms with van der Waals surface area (Å²) in [5.74, 6) is -1.91. The SMILES string of the molecule is CC(C)(C)OC(=O)Nc1cc(Cn2c(C(=O)NS(C)(=O)=O)c(N3CCCNS3(=O)=O)c3cc(Cl)ccc32)ccn1.CC(C)(C)OC(=O)Nc1cc(Cn2c(C(=O)O)c(N3CCCNS3(=O)=O)c3cc(Cl)ccc32)ccn1. The van der Waals surface area contributed by atoms with Crippen molar-refractivity contribution in [1.82, 2.24) is 33.3 Å². The number of ether oxygens (including phenoxy) is 2. The van der Waals surface area contributed by atoms with E-state index >= 15 is 0 Å². The Bertz CT molecular complexity index is 3620. The van der Waals surface area contributed by atoms with Gasteiger partial charge < -0.3 is 23.7 Å². The molecule has 4 aromatic heterocycles. The van der Waals surface area contributed by atoms with Gasteiger partial charge in [0.15, 0.2) is 5.69 Å². The summed E-state index contributed by atoms with van der Waals surface area (Å²) in [7, 11) is -12.0. The van der Waals surface area contributed by atoms with Gasteiger partial charge in [0.25, 0.3) is 5.91 Å². The molecule has 0 bridgehead atoms. The van der Waals surface area contributed by atoms with Gasteiger partial charge >= 0.3 is 38.6 Å². The Morgan fingerprint density at radius 2 is 1.08 bits per heavy atom. The number of aromatic nitrogens is 4. The molecule has 6 aromatic rings. The maximum Gasteiger partial charge on any atom is 0.413 e. The Hall–Kier alpha value is -6.75. The molecule has 8 rings (SSSR count). The zero-order chi connectivity index (χ0) is 55.7. The molecule has 76 heavy (non-hydrogen) atoms. The molecule has 0 unspecified atom stereocenters. The topological polar surface area (TPSA) is 312 Å². The van der Waals surface area contributed by atoms with E-state index in [4.69, 9.17) is 32.7 Å². The first kappa shape index (κ1) is 57.0. The number of carbonyl (C=O) groups is 4. The molecule has 0 saturated carbocycles. The van der Waals surface area contributed by atoms with Gasteiger partial charge in [0.1, 0.15) is 28.5 Å². The summed E-state index contributed by atoms with van der Waals surface area (Å²) in [6.45, 7) is 11.1. The van der Waals surface area contributed by atoms with Crippen molar-refractivity contribution in [3.05, 3.63) is 106 Å². The molecule has 0 aliphatic carbocycles. The van der Waals surface area contributed by atoms with Crippen LogP contribution in [-0.2, 0) is 53.0 Å². The molecule has 3 amide bonds. The van der Waals surface area contributed by atoms with Crippen LogP contribution < -0.4 is 33.4 Å². The molecule has 6 heterocycles. The minimum absolute atomic E-state index is 0.00740. The number of carboxylic acid groups (broad SMARTS) is 1. The first-order valence-electron chi connectivity index (χ1n) is 23.2. The molecular weight excluding hydrogens is 1090 g/mol. The monoisotopic (exact) mass is 1150 g/mol. The van der Waals surface area contributed by atoms with Gasteiger partial charge in [0, 0.05) is 72.5 Å². The maximum absolute atomic E-state index is 13.5. The van der Waals surface area contributed by atoms with Crippen LogP contribution >= 0.6 is 23.2 Å². The number of nitrogens with zero attached hydrogens (tertiary/aromatic N) is 6. The quantitative estimate of drug-likeness (QED) is 0.0791. The molecule has 0 atom stereocenters. The van der Waals surface area contributed by atoms with Crippen molar-refractivity contribution in [2.75, 3.05) is 51.7 Å². The van der Waals surface area contributed by atoms with Gasteiger partial charge in [-0.15, -0.1) is 0 Å². The van der Waals surface area contributed by atoms with E-state index in [1.54, 1.807) is 96.1 Å². The van der Waals surface area contributed by atoms with Gasteiger partial charge in [-0.25, -0.2) is 37.5 Å². The van der Waals surface area contributed by atoms with Crippen LogP contribution in [0, 0.1) is 0 Å². The number of amides is 3. The number of benzene rings is 2. The number of carboxylic acids is 1. The normalized spacial score (nSPS) is 15.6. The fraction of sp³-hybridized carbons (Fsp3) is 0.362. The number of carbonyl (C=O) groups excluding carboxylic acids is 3. The lowest BCUT2D eigenvalue weighted by molar-refractivity contribution is 0.0624. The summed E-state index contributed by atoms with van der Waals surface area (Å²) in [5.41, 5.74) is 0.331. The zero-order valence-corrected chi connectivity index (χ0v) is 46.1. The Morgan fingerprint density at radius 1 is 0.671 bits per heavy atom. The van der Waals surface area contributed by atoms with Gasteiger partial charge in [0.05, 0.1) is 28.7 Å². The molecule has 29 heteroatoms. The number of hydrogen-bond acceptors (Lipinski definition) is 14. The number of halogens is 2. The van der Waals surface area contributed by atoms with E-state index in [-0.39, 0.29) is 78.7 Å². The van der Waals surface area contributed by atoms with Crippen molar-refractivity contribution in [2.24, 2.45) is 0 Å². The highest BCUT2D eigenvalue weighted by Crippen LogP contribution is 2.40. The molecule has 2 aliphatic heterocycles. The fourth-order valence-electron chi connectivity index (χ4n) is 8.29. The van der Waals surface area contributed by atoms with Crippen LogP contribution in [-0.4, -0.2) is 117 Å². The average molecular weight is 1150 g/mol. The van der Waals surface area contributed by atoms with Crippen molar-refractivity contribution in [2.45, 2.75) is 78.7 Å². The minimum atomic E-state index is -4.05. The predicted molar refractivity (Wildman–Crippen MR) is 287 cm³/mol. The Kier molecular flexibility index (Phi) is 16.5. The van der Waals surface area contributed by atoms with Gasteiger partial charge in [-0.2, -0.15) is 26.3 Å². The molecule has 0 spiro atoms. The van der Waals surface area contributed by atoms with Crippen molar-refractivity contribution < 1.29 is 59.0 Å². The Labute approximate surface area is 448 Å². The van der Waals surface area contributed by atoms with E-state index in [1.165, 1.54) is 27.6 Å². The number of sulfonamides is 1. The van der Waals surface area contributed by atoms with E-state index in [2.05, 4.69) is 30.0 Å². The van der Waals surface area contributed by atoms with Crippen LogP contribution in [0.4, 0.5) is 32.6 Å². The lowest BCUT2D eigenvalue weighted by Gasteiger charge is -2.29. The molecule has 2 aromatic carbocycles. The van der Waals surface area contributed by atoms with Crippen LogP contribution in [0.2, 0.25) is 10.0 Å². The van der Waals surface area contributed by atoms with E-state index < -0.39 is 65.7 Å². The minimum Gasteiger partial charge on any atom is -0.477 e. The molecule has 0 radical (unpaired) electrons. The number of hydrogen-bond donors (Lipinski definition) is 6. The van der Waals surface area contributed by atoms with Crippen molar-refractivity contribution in [3.63, 3.8) is 0 Å². The second kappa shape index (κ2) is 22.1. The zero-order valence-electron chi connectivity index (χ0n) is 42.1. The molecule has 2 saturated heterocycles. The van der Waals surface area contributed by atoms with Crippen LogP contribution in [0.5, 0.6) is 0 Å². The second-order valence-electron chi connectivity index (χ2n) is 19.4. The van der Waals surface area contributed by atoms with Crippen LogP contribution in [0.15, 0.2) is 73.1 Å². The maximum atomic E-state index is 13.5. The number of rotatable bonds is 11. The van der Waals surface area contributed by atoms with Crippen molar-refractivity contribution in [3.8, 4) is 0 Å². The smallest absolute Gasteiger partial charge is 0.413 e. The lowest BCUT2D eigenvalue weighted by Crippen LogP contribution is -2.47. The summed E-state index contributed by atoms with van der Waals surface area (Å²) in [4.78, 5) is 58.6. The van der Waals surface area contributed by atoms with E-state index in [1.807, 2.05) is 4.72 Å². The standard InChI is InChI=1S/C24H29ClN6O7S2.C23H26ClN5O6S/c1-24(2,3)38-23(33)28-19-12-15(8-10-26-19)14-30-18-7-6-16(25)13-17(18)20(21(30)22(32)29-39(4,34)35)31-11-5-9-27-40(31,36)37;1-23(2,3)35-22(32)27-18-11-14(7-9-25-18)13-28-17-6-5-15(24)12-16(17)19(20(28)21(30)31)29-10-4-8-26-36(29,33)34/h6-8,10,12-13,27H,5,9,11,14H2,1-4H3,(H,29,32)(H,26,28,33);5-7,9,11-12,26H,4,8,10,13H2,1-3H3,(H,30,31)(H,25,27,32). The largest absolute Gasteiger partial charge is 0.477 e. The summed E-state index contributed by atoms with van der Waals surface area (Å²) >= 11 is 12.5. The van der Waals surface area contributed by atoms with Gasteiger partial charge in [0.2, 0.25) is 10.0 Å². The second-order valence-corrected chi connectivity index (χ2v) is 25.4. The number of pyridine rings is 2. The van der Waals surface area contributed by atoms with Crippen molar-refractivity contribution >= 4 is 123 Å². The molecule has 2 fully saturated rings. The van der Waals surface area contributed by atoms with Crippen LogP contribution in [0.3, 0.4) is 0 Å². The predicted octanol–water partition coefficient (Wildman–Crippen LogP) is 6.65. The number of aromatic carboxylic acids is 1. The molecule has 2 aliphatic rings. The number of fused-ring (bicyclic) bond motifs is 2. The summed E-state index contributed by atoms with van der Waals surface area (Å²) in [6, 6.07) is 16.0. The highest BCUT2D eigenvalue weighted by atomic mass is 35.5. The van der Waals surface area contributed by atoms with E-state index in [0.717, 1.165) is 14.9 Å². The first-order valence-corrected chi connectivity index (χ1v) is 28.8. The third kappa shape index (κ3) is 13.8. The number of nitrogens with one attached hydrogen (secondary N) is 5. The molecule has 6 N–H and O–H groups in total. The van der Waals surface area contributed by atoms with Crippen LogP contribution in [0.1, 0.15) is 86.5 Å². The van der Waals surface area contributed by atoms with E-state index in [9.17, 15) is 49.5 Å². The first-order chi connectivity index (χ1) is 35.4. The summed E-state index contributed by atoms with van der Waals surface area (Å²) in [5, 5.41) is 16.7. The number of anilines is 4. The lowest BCUT2D eigenvalue weighted by atomic mass is 10.2. The average Bonchev–Trinajstić information content (AvgIpc) is 3.75. The molecular formula is C47H55Cl2N11O13S3. The summed E-state index contributed by atoms with van der Waals surface area (Å²) in [6.07, 6.45) is 3.32. The summed E-state index contributed by atoms with van der Waals surface area (Å²) < 4.78 is 98.4. The molecule has 408 valence electrons. The van der Waals surface area contributed by atoms with E-state index in [0.29, 0.717) is 50.8 Å². The Morgan fingerprint density at radius 3 is 1.46 bits per heavy atom. The van der Waals surface area contributed by atoms with Crippen molar-refractivity contribution in [1.29, 1.82) is 0 Å². The van der Waals surface area contributed by atoms with Gasteiger partial charge in [-0.3, -0.25) is 24.0 Å². The fourth-order valence-corrected chi connectivity index (χ4v) is 11.8. The van der Waals surface area contributed by atoms with Gasteiger partial charge in [-0.1, -0.05) is 23.2 Å². The van der Waals surface area contributed by atoms with Crippen LogP contribution in [0.25, 0.3) is 21.8 Å². The third-order valence-electron chi connectivity index (χ3n) is 11.0.